The molecule has 0 radical (unpaired) electrons. The van der Waals surface area contributed by atoms with Crippen molar-refractivity contribution >= 4 is 17.6 Å². The zero-order chi connectivity index (χ0) is 13.4. The molecule has 1 aromatic carbocycles. The van der Waals surface area contributed by atoms with Crippen molar-refractivity contribution < 1.29 is 44.2 Å². The third kappa shape index (κ3) is 8.62. The predicted molar refractivity (Wildman–Crippen MR) is 61.7 cm³/mol. The van der Waals surface area contributed by atoms with E-state index in [1.165, 1.54) is 18.2 Å². The Hall–Kier alpha value is -2.08. The van der Waals surface area contributed by atoms with E-state index in [1.54, 1.807) is 0 Å². The summed E-state index contributed by atoms with van der Waals surface area (Å²) in [6, 6.07) is 5.21. The number of carboxylic acids is 2. The van der Waals surface area contributed by atoms with E-state index in [1.807, 2.05) is 0 Å². The Morgan fingerprint density at radius 2 is 1.74 bits per heavy atom. The summed E-state index contributed by atoms with van der Waals surface area (Å²) in [4.78, 5) is 29.1. The molecule has 0 aromatic heterocycles. The van der Waals surface area contributed by atoms with Crippen molar-refractivity contribution in [3.8, 4) is 0 Å². The van der Waals surface area contributed by atoms with Gasteiger partial charge in [-0.25, -0.2) is 4.79 Å². The average Bonchev–Trinajstić information content (AvgIpc) is 2.29. The Morgan fingerprint density at radius 3 is 2.00 bits per heavy atom. The van der Waals surface area contributed by atoms with Crippen molar-refractivity contribution in [3.05, 3.63) is 60.0 Å². The van der Waals surface area contributed by atoms with Crippen LogP contribution in [0.3, 0.4) is 0 Å². The number of aliphatic carboxylic acids is 1. The maximum Gasteiger partial charge on any atom is 2.00 e. The van der Waals surface area contributed by atoms with Crippen LogP contribution >= 0.6 is 0 Å². The van der Waals surface area contributed by atoms with Gasteiger partial charge in [-0.1, -0.05) is 18.7 Å². The van der Waals surface area contributed by atoms with E-state index in [0.29, 0.717) is 0 Å². The fourth-order valence-electron chi connectivity index (χ4n) is 0.814. The zero-order valence-corrected chi connectivity index (χ0v) is 13.2. The minimum atomic E-state index is -1.29. The number of rotatable bonds is 3. The molecule has 7 nitrogen and oxygen atoms in total. The van der Waals surface area contributed by atoms with Crippen LogP contribution in [0.15, 0.2) is 36.9 Å². The Balaban J connectivity index is -0.000000320. The number of benzene rings is 1. The number of nitro groups is 1. The molecule has 0 aliphatic rings. The quantitative estimate of drug-likeness (QED) is 0.287. The van der Waals surface area contributed by atoms with Crippen molar-refractivity contribution in [2.75, 3.05) is 0 Å². The molecule has 0 amide bonds. The summed E-state index contributed by atoms with van der Waals surface area (Å²) in [7, 11) is 0. The topological polar surface area (TPSA) is 121 Å². The third-order valence-electron chi connectivity index (χ3n) is 1.50. The second-order valence-corrected chi connectivity index (χ2v) is 2.60. The average molecular weight is 319 g/mol. The molecule has 0 aliphatic carbocycles. The molecule has 0 fully saturated rings. The van der Waals surface area contributed by atoms with E-state index in [4.69, 9.17) is 15.0 Å². The number of nitro benzene ring substituents is 1. The van der Waals surface area contributed by atoms with Crippen molar-refractivity contribution in [3.63, 3.8) is 0 Å². The van der Waals surface area contributed by atoms with Crippen molar-refractivity contribution in [2.24, 2.45) is 0 Å². The summed E-state index contributed by atoms with van der Waals surface area (Å²) >= 11 is 0. The largest absolute Gasteiger partial charge is 2.00 e. The van der Waals surface area contributed by atoms with Gasteiger partial charge in [0.25, 0.3) is 5.69 Å². The van der Waals surface area contributed by atoms with Gasteiger partial charge in [-0.3, -0.25) is 10.1 Å². The first-order valence-electron chi connectivity index (χ1n) is 4.20. The first-order chi connectivity index (χ1) is 7.90. The van der Waals surface area contributed by atoms with E-state index >= 15 is 0 Å². The summed E-state index contributed by atoms with van der Waals surface area (Å²) in [5.41, 5.74) is -0.674. The molecule has 1 N–H and O–H groups in total. The van der Waals surface area contributed by atoms with Gasteiger partial charge in [0.2, 0.25) is 0 Å². The van der Waals surface area contributed by atoms with Crippen LogP contribution in [0.2, 0.25) is 0 Å². The molecule has 0 bridgehead atoms. The van der Waals surface area contributed by atoms with E-state index in [0.717, 1.165) is 12.1 Å². The number of nitrogens with zero attached hydrogens (tertiary/aromatic N) is 1. The molecule has 0 atom stereocenters. The zero-order valence-electron chi connectivity index (χ0n) is 10.2. The van der Waals surface area contributed by atoms with E-state index in [9.17, 15) is 14.9 Å². The fraction of sp³-hybridized carbons (Fsp3) is 0. The first kappa shape index (κ1) is 22.1. The standard InChI is InChI=1S/C7H5NO4.C3H4O2.CH3.Zn/c9-7(10)5-3-1-2-4-6(5)8(11)12;1-2-3(4)5;;/h1-4H,(H,9,10);2H,1H2,(H,4,5);1H3;/q;;-1;+2/p-1. The normalized spacial score (nSPS) is 7.58. The second-order valence-electron chi connectivity index (χ2n) is 2.60. The number of carbonyl (C=O) groups excluding carboxylic acids is 1. The van der Waals surface area contributed by atoms with Crippen molar-refractivity contribution in [1.29, 1.82) is 0 Å². The van der Waals surface area contributed by atoms with Crippen LogP contribution in [0.4, 0.5) is 5.69 Å². The number of aromatic carboxylic acids is 1. The van der Waals surface area contributed by atoms with Gasteiger partial charge in [0.05, 0.1) is 10.9 Å². The van der Waals surface area contributed by atoms with Crippen LogP contribution in [0.25, 0.3) is 0 Å². The first-order valence-corrected chi connectivity index (χ1v) is 4.20. The fourth-order valence-corrected chi connectivity index (χ4v) is 0.814. The Bertz CT molecular complexity index is 427. The number of hydrogen-bond acceptors (Lipinski definition) is 5. The van der Waals surface area contributed by atoms with E-state index in [2.05, 4.69) is 6.58 Å². The van der Waals surface area contributed by atoms with E-state index < -0.39 is 16.9 Å². The SMILES string of the molecule is C=CC(=O)[O-].O=C(O)c1ccccc1[N+](=O)[O-].[CH3-].[Zn+2]. The molecule has 0 saturated carbocycles. The van der Waals surface area contributed by atoms with Crippen LogP contribution in [0.1, 0.15) is 10.4 Å². The maximum atomic E-state index is 10.4. The monoisotopic (exact) mass is 317 g/mol. The van der Waals surface area contributed by atoms with Gasteiger partial charge in [-0.05, 0) is 12.1 Å². The van der Waals surface area contributed by atoms with Gasteiger partial charge in [-0.15, -0.1) is 0 Å². The molecule has 0 spiro atoms. The molecule has 1 rings (SSSR count). The van der Waals surface area contributed by atoms with Gasteiger partial charge in [0.15, 0.2) is 0 Å². The number of carboxylic acid groups (broad SMARTS) is 2. The van der Waals surface area contributed by atoms with Crippen molar-refractivity contribution in [1.82, 2.24) is 0 Å². The molecular formula is C11H11NO6Zn. The Morgan fingerprint density at radius 1 is 1.32 bits per heavy atom. The maximum absolute atomic E-state index is 10.4. The molecule has 98 valence electrons. The molecule has 0 saturated heterocycles. The van der Waals surface area contributed by atoms with Gasteiger partial charge in [0.1, 0.15) is 5.56 Å². The second kappa shape index (κ2) is 11.0. The molecule has 0 heterocycles. The Labute approximate surface area is 122 Å². The molecule has 0 unspecified atom stereocenters. The van der Waals surface area contributed by atoms with Crippen LogP contribution < -0.4 is 5.11 Å². The van der Waals surface area contributed by atoms with Crippen LogP contribution in [-0.4, -0.2) is 22.0 Å². The van der Waals surface area contributed by atoms with Gasteiger partial charge in [-0.2, -0.15) is 0 Å². The van der Waals surface area contributed by atoms with Crippen LogP contribution in [0, 0.1) is 17.5 Å². The molecule has 8 heteroatoms. The van der Waals surface area contributed by atoms with Gasteiger partial charge < -0.3 is 22.4 Å². The number of para-hydroxylation sites is 1. The molecule has 1 aromatic rings. The summed E-state index contributed by atoms with van der Waals surface area (Å²) in [6.07, 6.45) is 0.722. The van der Waals surface area contributed by atoms with Crippen molar-refractivity contribution in [2.45, 2.75) is 0 Å². The number of hydrogen-bond donors (Lipinski definition) is 1. The summed E-state index contributed by atoms with van der Waals surface area (Å²) in [5, 5.41) is 27.9. The van der Waals surface area contributed by atoms with Crippen LogP contribution in [0.5, 0.6) is 0 Å². The minimum absolute atomic E-state index is 0. The van der Waals surface area contributed by atoms with E-state index in [-0.39, 0.29) is 38.2 Å². The van der Waals surface area contributed by atoms with Crippen LogP contribution in [-0.2, 0) is 24.3 Å². The third-order valence-corrected chi connectivity index (χ3v) is 1.50. The minimum Gasteiger partial charge on any atom is -0.545 e. The molecule has 19 heavy (non-hydrogen) atoms. The molecular weight excluding hydrogens is 308 g/mol. The van der Waals surface area contributed by atoms with Gasteiger partial charge >= 0.3 is 25.4 Å². The summed E-state index contributed by atoms with van der Waals surface area (Å²) < 4.78 is 0. The number of carbonyl (C=O) groups is 2. The Kier molecular flexibility index (Phi) is 12.9. The summed E-state index contributed by atoms with van der Waals surface area (Å²) in [6.45, 7) is 2.90. The smallest absolute Gasteiger partial charge is 0.545 e. The molecule has 0 aliphatic heterocycles. The summed E-state index contributed by atoms with van der Waals surface area (Å²) in [5.74, 6) is -2.52. The van der Waals surface area contributed by atoms with Gasteiger partial charge in [0, 0.05) is 6.07 Å². The predicted octanol–water partition coefficient (Wildman–Crippen LogP) is 0.663.